The van der Waals surface area contributed by atoms with Crippen LogP contribution >= 0.6 is 0 Å². The van der Waals surface area contributed by atoms with Gasteiger partial charge in [-0.1, -0.05) is 0 Å². The fourth-order valence-electron chi connectivity index (χ4n) is 2.53. The molecule has 0 saturated carbocycles. The molecule has 4 nitrogen and oxygen atoms in total. The molecular formula is C13H25NO3. The number of ether oxygens (including phenoxy) is 1. The van der Waals surface area contributed by atoms with Crippen LogP contribution in [0.2, 0.25) is 0 Å². The standard InChI is InChI=1S/C13H25NO3/c1-12(2,3)14(9-11(15)16)10-6-7-17-13(4,5)8-10/h10H,6-9H2,1-5H3,(H,15,16). The first kappa shape index (κ1) is 14.5. The number of carboxylic acids is 1. The Morgan fingerprint density at radius 1 is 1.47 bits per heavy atom. The molecule has 0 radical (unpaired) electrons. The minimum absolute atomic E-state index is 0.101. The van der Waals surface area contributed by atoms with Crippen LogP contribution in [0.5, 0.6) is 0 Å². The molecule has 1 aliphatic rings. The zero-order valence-corrected chi connectivity index (χ0v) is 11.6. The van der Waals surface area contributed by atoms with E-state index in [1.807, 2.05) is 0 Å². The molecule has 4 heteroatoms. The highest BCUT2D eigenvalue weighted by molar-refractivity contribution is 5.69. The molecule has 1 fully saturated rings. The number of nitrogens with zero attached hydrogens (tertiary/aromatic N) is 1. The van der Waals surface area contributed by atoms with Gasteiger partial charge in [-0.3, -0.25) is 9.69 Å². The van der Waals surface area contributed by atoms with Crippen molar-refractivity contribution in [2.75, 3.05) is 13.2 Å². The Kier molecular flexibility index (Phi) is 4.20. The lowest BCUT2D eigenvalue weighted by Gasteiger charge is -2.46. The molecule has 1 unspecified atom stereocenters. The summed E-state index contributed by atoms with van der Waals surface area (Å²) in [5, 5.41) is 9.04. The molecule has 1 N–H and O–H groups in total. The van der Waals surface area contributed by atoms with E-state index in [-0.39, 0.29) is 23.7 Å². The van der Waals surface area contributed by atoms with E-state index in [0.29, 0.717) is 6.61 Å². The van der Waals surface area contributed by atoms with Gasteiger partial charge in [-0.2, -0.15) is 0 Å². The van der Waals surface area contributed by atoms with Crippen LogP contribution in [0.15, 0.2) is 0 Å². The van der Waals surface area contributed by atoms with Crippen LogP contribution in [0.3, 0.4) is 0 Å². The van der Waals surface area contributed by atoms with Crippen molar-refractivity contribution in [2.45, 2.75) is 64.6 Å². The van der Waals surface area contributed by atoms with Gasteiger partial charge in [-0.15, -0.1) is 0 Å². The second kappa shape index (κ2) is 4.94. The lowest BCUT2D eigenvalue weighted by atomic mass is 9.90. The van der Waals surface area contributed by atoms with E-state index in [1.54, 1.807) is 0 Å². The minimum atomic E-state index is -0.760. The van der Waals surface area contributed by atoms with Gasteiger partial charge in [0.2, 0.25) is 0 Å². The van der Waals surface area contributed by atoms with Crippen molar-refractivity contribution < 1.29 is 14.6 Å². The summed E-state index contributed by atoms with van der Waals surface area (Å²) in [6.45, 7) is 11.2. The molecule has 1 atom stereocenters. The number of carbonyl (C=O) groups is 1. The third-order valence-corrected chi connectivity index (χ3v) is 3.28. The lowest BCUT2D eigenvalue weighted by Crippen LogP contribution is -2.54. The second-order valence-corrected chi connectivity index (χ2v) is 6.45. The molecule has 0 aromatic heterocycles. The van der Waals surface area contributed by atoms with Gasteiger partial charge in [-0.05, 0) is 47.5 Å². The molecule has 100 valence electrons. The summed E-state index contributed by atoms with van der Waals surface area (Å²) in [6, 6.07) is 0.287. The summed E-state index contributed by atoms with van der Waals surface area (Å²) in [5.41, 5.74) is -0.276. The van der Waals surface area contributed by atoms with Crippen molar-refractivity contribution in [2.24, 2.45) is 0 Å². The van der Waals surface area contributed by atoms with Crippen molar-refractivity contribution >= 4 is 5.97 Å². The molecule has 1 saturated heterocycles. The van der Waals surface area contributed by atoms with Gasteiger partial charge < -0.3 is 9.84 Å². The second-order valence-electron chi connectivity index (χ2n) is 6.45. The fraction of sp³-hybridized carbons (Fsp3) is 0.923. The molecule has 1 heterocycles. The Bertz CT molecular complexity index is 281. The molecule has 1 aliphatic heterocycles. The van der Waals surface area contributed by atoms with Crippen molar-refractivity contribution in [3.05, 3.63) is 0 Å². The molecule has 1 rings (SSSR count). The van der Waals surface area contributed by atoms with Crippen LogP contribution in [-0.4, -0.2) is 46.3 Å². The molecule has 17 heavy (non-hydrogen) atoms. The topological polar surface area (TPSA) is 49.8 Å². The highest BCUT2D eigenvalue weighted by Gasteiger charge is 2.37. The van der Waals surface area contributed by atoms with Gasteiger partial charge in [0, 0.05) is 18.2 Å². The summed E-state index contributed by atoms with van der Waals surface area (Å²) in [5.74, 6) is -0.760. The van der Waals surface area contributed by atoms with E-state index in [1.165, 1.54) is 0 Å². The third kappa shape index (κ3) is 4.28. The summed E-state index contributed by atoms with van der Waals surface area (Å²) < 4.78 is 5.69. The molecule has 0 aromatic carbocycles. The van der Waals surface area contributed by atoms with E-state index >= 15 is 0 Å². The maximum atomic E-state index is 11.0. The highest BCUT2D eigenvalue weighted by atomic mass is 16.5. The Morgan fingerprint density at radius 3 is 2.47 bits per heavy atom. The number of carboxylic acid groups (broad SMARTS) is 1. The number of rotatable bonds is 3. The predicted molar refractivity (Wildman–Crippen MR) is 67.1 cm³/mol. The van der Waals surface area contributed by atoms with Crippen LogP contribution < -0.4 is 0 Å². The third-order valence-electron chi connectivity index (χ3n) is 3.28. The van der Waals surface area contributed by atoms with Crippen LogP contribution in [0, 0.1) is 0 Å². The predicted octanol–water partition coefficient (Wildman–Crippen LogP) is 2.13. The van der Waals surface area contributed by atoms with E-state index in [9.17, 15) is 4.79 Å². The van der Waals surface area contributed by atoms with Gasteiger partial charge in [0.1, 0.15) is 0 Å². The molecule has 0 bridgehead atoms. The quantitative estimate of drug-likeness (QED) is 0.825. The SMILES string of the molecule is CC1(C)CC(N(CC(=O)O)C(C)(C)C)CCO1. The van der Waals surface area contributed by atoms with E-state index in [0.717, 1.165) is 12.8 Å². The van der Waals surface area contributed by atoms with Crippen molar-refractivity contribution in [1.82, 2.24) is 4.90 Å². The Morgan fingerprint density at radius 2 is 2.06 bits per heavy atom. The molecular weight excluding hydrogens is 218 g/mol. The zero-order valence-electron chi connectivity index (χ0n) is 11.6. The molecule has 0 spiro atoms. The van der Waals surface area contributed by atoms with E-state index in [4.69, 9.17) is 9.84 Å². The Labute approximate surface area is 104 Å². The number of aliphatic carboxylic acids is 1. The van der Waals surface area contributed by atoms with Crippen LogP contribution in [0.1, 0.15) is 47.5 Å². The first-order valence-corrected chi connectivity index (χ1v) is 6.24. The van der Waals surface area contributed by atoms with Crippen molar-refractivity contribution in [3.63, 3.8) is 0 Å². The van der Waals surface area contributed by atoms with Gasteiger partial charge in [-0.25, -0.2) is 0 Å². The van der Waals surface area contributed by atoms with Crippen molar-refractivity contribution in [3.8, 4) is 0 Å². The average molecular weight is 243 g/mol. The summed E-state index contributed by atoms with van der Waals surface area (Å²) >= 11 is 0. The van der Waals surface area contributed by atoms with Gasteiger partial charge >= 0.3 is 5.97 Å². The minimum Gasteiger partial charge on any atom is -0.480 e. The smallest absolute Gasteiger partial charge is 0.317 e. The summed E-state index contributed by atoms with van der Waals surface area (Å²) in [6.07, 6.45) is 1.80. The van der Waals surface area contributed by atoms with Crippen molar-refractivity contribution in [1.29, 1.82) is 0 Å². The van der Waals surface area contributed by atoms with E-state index in [2.05, 4.69) is 39.5 Å². The normalized spacial score (nSPS) is 24.9. The lowest BCUT2D eigenvalue weighted by molar-refractivity contribution is -0.144. The largest absolute Gasteiger partial charge is 0.480 e. The van der Waals surface area contributed by atoms with E-state index < -0.39 is 5.97 Å². The first-order valence-electron chi connectivity index (χ1n) is 6.24. The highest BCUT2D eigenvalue weighted by Crippen LogP contribution is 2.30. The van der Waals surface area contributed by atoms with Crippen LogP contribution in [0.25, 0.3) is 0 Å². The van der Waals surface area contributed by atoms with Gasteiger partial charge in [0.05, 0.1) is 12.1 Å². The first-order chi connectivity index (χ1) is 7.62. The molecule has 0 amide bonds. The van der Waals surface area contributed by atoms with Crippen LogP contribution in [-0.2, 0) is 9.53 Å². The maximum Gasteiger partial charge on any atom is 0.317 e. The van der Waals surface area contributed by atoms with Gasteiger partial charge in [0.25, 0.3) is 0 Å². The average Bonchev–Trinajstić information content (AvgIpc) is 2.10. The fourth-order valence-corrected chi connectivity index (χ4v) is 2.53. The molecule has 0 aromatic rings. The zero-order chi connectivity index (χ0) is 13.3. The monoisotopic (exact) mass is 243 g/mol. The maximum absolute atomic E-state index is 11.0. The Balaban J connectivity index is 2.79. The van der Waals surface area contributed by atoms with Crippen LogP contribution in [0.4, 0.5) is 0 Å². The Hall–Kier alpha value is -0.610. The number of hydrogen-bond acceptors (Lipinski definition) is 3. The summed E-state index contributed by atoms with van der Waals surface area (Å²) in [7, 11) is 0. The number of hydrogen-bond donors (Lipinski definition) is 1. The van der Waals surface area contributed by atoms with Gasteiger partial charge in [0.15, 0.2) is 0 Å². The summed E-state index contributed by atoms with van der Waals surface area (Å²) in [4.78, 5) is 13.1. The molecule has 0 aliphatic carbocycles.